The summed E-state index contributed by atoms with van der Waals surface area (Å²) in [6.45, 7) is 1.26. The van der Waals surface area contributed by atoms with Crippen LogP contribution < -0.4 is 0 Å². The molecule has 22 heavy (non-hydrogen) atoms. The van der Waals surface area contributed by atoms with E-state index in [9.17, 15) is 20.3 Å². The van der Waals surface area contributed by atoms with Crippen LogP contribution in [0.25, 0.3) is 0 Å². The van der Waals surface area contributed by atoms with E-state index in [2.05, 4.69) is 10.00 Å². The highest BCUT2D eigenvalue weighted by Crippen LogP contribution is 2.22. The molecule has 0 unspecified atom stereocenters. The third-order valence-corrected chi connectivity index (χ3v) is 4.15. The van der Waals surface area contributed by atoms with E-state index in [1.54, 1.807) is 0 Å². The molecule has 1 heterocycles. The van der Waals surface area contributed by atoms with Crippen molar-refractivity contribution >= 4 is 5.69 Å². The molecule has 1 aromatic heterocycles. The fourth-order valence-electron chi connectivity index (χ4n) is 3.09. The lowest BCUT2D eigenvalue weighted by Crippen LogP contribution is -2.44. The smallest absolute Gasteiger partial charge is 0.306 e. The molecule has 1 fully saturated rings. The zero-order valence-corrected chi connectivity index (χ0v) is 12.7. The summed E-state index contributed by atoms with van der Waals surface area (Å²) >= 11 is 0. The number of hydrogen-bond acceptors (Lipinski definition) is 6. The largest absolute Gasteiger partial charge is 0.395 e. The molecule has 0 aromatic carbocycles. The molecule has 124 valence electrons. The lowest BCUT2D eigenvalue weighted by Gasteiger charge is -2.35. The van der Waals surface area contributed by atoms with Gasteiger partial charge >= 0.3 is 5.69 Å². The summed E-state index contributed by atoms with van der Waals surface area (Å²) < 4.78 is 1.39. The average Bonchev–Trinajstić information content (AvgIpc) is 2.96. The minimum Gasteiger partial charge on any atom is -0.395 e. The van der Waals surface area contributed by atoms with E-state index < -0.39 is 11.0 Å². The molecule has 0 amide bonds. The Morgan fingerprint density at radius 3 is 2.77 bits per heavy atom. The summed E-state index contributed by atoms with van der Waals surface area (Å²) in [5.74, 6) is 0. The Morgan fingerprint density at radius 2 is 2.18 bits per heavy atom. The van der Waals surface area contributed by atoms with Gasteiger partial charge in [0.15, 0.2) is 0 Å². The summed E-state index contributed by atoms with van der Waals surface area (Å²) in [5, 5.41) is 34.0. The van der Waals surface area contributed by atoms with E-state index in [1.807, 2.05) is 0 Å². The molecule has 0 spiro atoms. The Bertz CT molecular complexity index is 473. The molecule has 8 heteroatoms. The molecule has 1 atom stereocenters. The second kappa shape index (κ2) is 8.21. The molecule has 1 aliphatic rings. The molecular formula is C14H24N4O4. The summed E-state index contributed by atoms with van der Waals surface area (Å²) in [6.07, 6.45) is 7.65. The predicted octanol–water partition coefficient (Wildman–Crippen LogP) is 0.779. The van der Waals surface area contributed by atoms with Crippen LogP contribution in [0.5, 0.6) is 0 Å². The number of aromatic nitrogens is 2. The second-order valence-corrected chi connectivity index (χ2v) is 5.84. The quantitative estimate of drug-likeness (QED) is 0.543. The Labute approximate surface area is 129 Å². The maximum atomic E-state index is 10.6. The molecule has 2 N–H and O–H groups in total. The van der Waals surface area contributed by atoms with Crippen LogP contribution in [-0.4, -0.2) is 61.7 Å². The molecule has 0 bridgehead atoms. The molecule has 0 saturated heterocycles. The van der Waals surface area contributed by atoms with Crippen molar-refractivity contribution < 1.29 is 15.1 Å². The number of nitro groups is 1. The van der Waals surface area contributed by atoms with Crippen LogP contribution in [0.1, 0.15) is 32.1 Å². The SMILES string of the molecule is O=[N+]([O-])c1cnn(C[C@H](O)CN(CCO)C2CCCCC2)c1. The number of aliphatic hydroxyl groups excluding tert-OH is 2. The molecule has 0 radical (unpaired) electrons. The van der Waals surface area contributed by atoms with Crippen LogP contribution in [0, 0.1) is 10.1 Å². The van der Waals surface area contributed by atoms with E-state index in [0.29, 0.717) is 19.1 Å². The summed E-state index contributed by atoms with van der Waals surface area (Å²) in [7, 11) is 0. The van der Waals surface area contributed by atoms with Gasteiger partial charge in [-0.05, 0) is 12.8 Å². The van der Waals surface area contributed by atoms with Crippen LogP contribution in [0.15, 0.2) is 12.4 Å². The van der Waals surface area contributed by atoms with E-state index in [4.69, 9.17) is 0 Å². The standard InChI is InChI=1S/C14H24N4O4/c19-7-6-16(12-4-2-1-3-5-12)10-14(20)11-17-9-13(8-15-17)18(21)22/h8-9,12,14,19-20H,1-7,10-11H2/t14-/m1/s1. The first-order valence-corrected chi connectivity index (χ1v) is 7.80. The Hall–Kier alpha value is -1.51. The van der Waals surface area contributed by atoms with Crippen molar-refractivity contribution in [2.45, 2.75) is 50.8 Å². The normalized spacial score (nSPS) is 17.8. The van der Waals surface area contributed by atoms with Crippen molar-refractivity contribution in [3.8, 4) is 0 Å². The number of rotatable bonds is 8. The van der Waals surface area contributed by atoms with E-state index in [0.717, 1.165) is 12.8 Å². The zero-order chi connectivity index (χ0) is 15.9. The van der Waals surface area contributed by atoms with Crippen LogP contribution in [0.3, 0.4) is 0 Å². The van der Waals surface area contributed by atoms with Crippen LogP contribution in [0.4, 0.5) is 5.69 Å². The van der Waals surface area contributed by atoms with Crippen molar-refractivity contribution in [2.75, 3.05) is 19.7 Å². The minimum absolute atomic E-state index is 0.0659. The van der Waals surface area contributed by atoms with Gasteiger partial charge in [0.05, 0.1) is 24.2 Å². The van der Waals surface area contributed by atoms with Crippen molar-refractivity contribution in [1.29, 1.82) is 0 Å². The van der Waals surface area contributed by atoms with Crippen molar-refractivity contribution in [3.05, 3.63) is 22.5 Å². The third-order valence-electron chi connectivity index (χ3n) is 4.15. The van der Waals surface area contributed by atoms with Gasteiger partial charge in [-0.3, -0.25) is 19.7 Å². The van der Waals surface area contributed by atoms with Crippen molar-refractivity contribution in [3.63, 3.8) is 0 Å². The topological polar surface area (TPSA) is 105 Å². The fraction of sp³-hybridized carbons (Fsp3) is 0.786. The first-order valence-electron chi connectivity index (χ1n) is 7.80. The monoisotopic (exact) mass is 312 g/mol. The fourth-order valence-corrected chi connectivity index (χ4v) is 3.09. The predicted molar refractivity (Wildman–Crippen MR) is 80.4 cm³/mol. The third kappa shape index (κ3) is 4.75. The zero-order valence-electron chi connectivity index (χ0n) is 12.7. The first-order chi connectivity index (χ1) is 10.6. The lowest BCUT2D eigenvalue weighted by molar-refractivity contribution is -0.385. The minimum atomic E-state index is -0.673. The molecule has 2 rings (SSSR count). The second-order valence-electron chi connectivity index (χ2n) is 5.84. The maximum Gasteiger partial charge on any atom is 0.306 e. The van der Waals surface area contributed by atoms with Gasteiger partial charge in [0.25, 0.3) is 0 Å². The van der Waals surface area contributed by atoms with Gasteiger partial charge in [0.2, 0.25) is 0 Å². The summed E-state index contributed by atoms with van der Waals surface area (Å²) in [4.78, 5) is 12.2. The van der Waals surface area contributed by atoms with Gasteiger partial charge in [0.1, 0.15) is 12.4 Å². The van der Waals surface area contributed by atoms with Crippen molar-refractivity contribution in [2.24, 2.45) is 0 Å². The Morgan fingerprint density at radius 1 is 1.45 bits per heavy atom. The molecule has 0 aliphatic heterocycles. The Kier molecular flexibility index (Phi) is 6.29. The number of aliphatic hydroxyl groups is 2. The van der Waals surface area contributed by atoms with E-state index in [1.165, 1.54) is 36.3 Å². The molecular weight excluding hydrogens is 288 g/mol. The van der Waals surface area contributed by atoms with Crippen molar-refractivity contribution in [1.82, 2.24) is 14.7 Å². The highest BCUT2D eigenvalue weighted by atomic mass is 16.6. The summed E-state index contributed by atoms with van der Waals surface area (Å²) in [5.41, 5.74) is -0.0771. The van der Waals surface area contributed by atoms with Gasteiger partial charge in [-0.25, -0.2) is 0 Å². The number of hydrogen-bond donors (Lipinski definition) is 2. The molecule has 8 nitrogen and oxygen atoms in total. The Balaban J connectivity index is 1.89. The maximum absolute atomic E-state index is 10.6. The lowest BCUT2D eigenvalue weighted by atomic mass is 9.94. The molecule has 1 aliphatic carbocycles. The van der Waals surface area contributed by atoms with Crippen LogP contribution >= 0.6 is 0 Å². The van der Waals surface area contributed by atoms with Gasteiger partial charge in [-0.15, -0.1) is 0 Å². The first kappa shape index (κ1) is 16.9. The highest BCUT2D eigenvalue weighted by molar-refractivity contribution is 5.20. The summed E-state index contributed by atoms with van der Waals surface area (Å²) in [6, 6.07) is 0.405. The average molecular weight is 312 g/mol. The molecule has 1 aromatic rings. The van der Waals surface area contributed by atoms with Crippen LogP contribution in [0.2, 0.25) is 0 Å². The van der Waals surface area contributed by atoms with E-state index >= 15 is 0 Å². The molecule has 1 saturated carbocycles. The highest BCUT2D eigenvalue weighted by Gasteiger charge is 2.23. The van der Waals surface area contributed by atoms with Gasteiger partial charge in [-0.1, -0.05) is 19.3 Å². The van der Waals surface area contributed by atoms with Gasteiger partial charge in [0, 0.05) is 19.1 Å². The van der Waals surface area contributed by atoms with Gasteiger partial charge < -0.3 is 10.2 Å². The van der Waals surface area contributed by atoms with Crippen LogP contribution in [-0.2, 0) is 6.54 Å². The van der Waals surface area contributed by atoms with Gasteiger partial charge in [-0.2, -0.15) is 5.10 Å². The van der Waals surface area contributed by atoms with E-state index in [-0.39, 0.29) is 18.8 Å². The number of nitrogens with zero attached hydrogens (tertiary/aromatic N) is 4.